The zero-order valence-corrected chi connectivity index (χ0v) is 15.1. The van der Waals surface area contributed by atoms with Crippen LogP contribution in [0.25, 0.3) is 0 Å². The van der Waals surface area contributed by atoms with Crippen LogP contribution in [0.2, 0.25) is 0 Å². The monoisotopic (exact) mass is 337 g/mol. The van der Waals surface area contributed by atoms with Crippen molar-refractivity contribution in [3.05, 3.63) is 59.2 Å². The zero-order valence-electron chi connectivity index (χ0n) is 15.1. The number of esters is 1. The number of benzene rings is 2. The Hall–Kier alpha value is -2.80. The topological polar surface area (TPSA) is 59.3 Å². The molecule has 0 radical (unpaired) electrons. The number of rotatable bonds is 5. The Bertz CT molecular complexity index is 780. The van der Waals surface area contributed by atoms with E-state index in [1.54, 1.807) is 18.2 Å². The molecule has 0 atom stereocenters. The van der Waals surface area contributed by atoms with Crippen LogP contribution in [0, 0.1) is 11.3 Å². The third-order valence-electron chi connectivity index (χ3n) is 3.95. The van der Waals surface area contributed by atoms with Gasteiger partial charge in [-0.25, -0.2) is 0 Å². The molecule has 2 rings (SSSR count). The number of methoxy groups -OCH3 is 1. The number of carbonyl (C=O) groups excluding carboxylic acids is 1. The first-order chi connectivity index (χ1) is 11.8. The van der Waals surface area contributed by atoms with Gasteiger partial charge in [0.15, 0.2) is 11.5 Å². The smallest absolute Gasteiger partial charge is 0.311 e. The number of nitriles is 1. The Balaban J connectivity index is 1.96. The van der Waals surface area contributed by atoms with Crippen molar-refractivity contribution >= 4 is 5.97 Å². The highest BCUT2D eigenvalue weighted by atomic mass is 16.6. The molecule has 0 aromatic heterocycles. The molecule has 0 aliphatic rings. The number of nitrogens with zero attached hydrogens (tertiary/aromatic N) is 1. The summed E-state index contributed by atoms with van der Waals surface area (Å²) in [6.07, 6.45) is 0.889. The van der Waals surface area contributed by atoms with Crippen molar-refractivity contribution in [3.8, 4) is 17.6 Å². The number of hydrogen-bond acceptors (Lipinski definition) is 4. The first kappa shape index (κ1) is 18.5. The average molecular weight is 337 g/mol. The minimum absolute atomic E-state index is 0.115. The highest BCUT2D eigenvalue weighted by Gasteiger charge is 2.14. The van der Waals surface area contributed by atoms with Gasteiger partial charge in [-0.15, -0.1) is 0 Å². The van der Waals surface area contributed by atoms with E-state index in [0.29, 0.717) is 23.5 Å². The molecule has 0 amide bonds. The Labute approximate surface area is 149 Å². The fourth-order valence-electron chi connectivity index (χ4n) is 2.41. The summed E-state index contributed by atoms with van der Waals surface area (Å²) in [4.78, 5) is 12.1. The molecule has 0 N–H and O–H groups in total. The van der Waals surface area contributed by atoms with Gasteiger partial charge >= 0.3 is 5.97 Å². The highest BCUT2D eigenvalue weighted by Crippen LogP contribution is 2.28. The lowest BCUT2D eigenvalue weighted by Gasteiger charge is -2.19. The molecule has 4 heteroatoms. The molecule has 0 unspecified atom stereocenters. The molecule has 0 aliphatic carbocycles. The van der Waals surface area contributed by atoms with Gasteiger partial charge in [-0.3, -0.25) is 4.79 Å². The Kier molecular flexibility index (Phi) is 5.82. The van der Waals surface area contributed by atoms with Crippen LogP contribution < -0.4 is 9.47 Å². The van der Waals surface area contributed by atoms with Crippen LogP contribution in [-0.2, 0) is 16.6 Å². The van der Waals surface area contributed by atoms with Crippen LogP contribution in [0.15, 0.2) is 42.5 Å². The molecule has 0 aliphatic heterocycles. The SMILES string of the molecule is COc1cc(C#N)ccc1OC(=O)CCc1ccc(C(C)(C)C)cc1. The Morgan fingerprint density at radius 1 is 1.08 bits per heavy atom. The molecular formula is C21H23NO3. The summed E-state index contributed by atoms with van der Waals surface area (Å²) in [6, 6.07) is 15.0. The van der Waals surface area contributed by atoms with Gasteiger partial charge in [-0.2, -0.15) is 5.26 Å². The van der Waals surface area contributed by atoms with Gasteiger partial charge < -0.3 is 9.47 Å². The Morgan fingerprint density at radius 2 is 1.76 bits per heavy atom. The normalized spacial score (nSPS) is 10.8. The summed E-state index contributed by atoms with van der Waals surface area (Å²) >= 11 is 0. The predicted octanol–water partition coefficient (Wildman–Crippen LogP) is 4.40. The van der Waals surface area contributed by atoms with Crippen LogP contribution >= 0.6 is 0 Å². The fraction of sp³-hybridized carbons (Fsp3) is 0.333. The number of ether oxygens (including phenoxy) is 2. The van der Waals surface area contributed by atoms with Crippen LogP contribution in [0.4, 0.5) is 0 Å². The maximum absolute atomic E-state index is 12.1. The summed E-state index contributed by atoms with van der Waals surface area (Å²) in [6.45, 7) is 6.51. The highest BCUT2D eigenvalue weighted by molar-refractivity contribution is 5.73. The van der Waals surface area contributed by atoms with Crippen molar-refractivity contribution in [2.24, 2.45) is 0 Å². The van der Waals surface area contributed by atoms with E-state index in [4.69, 9.17) is 14.7 Å². The molecule has 0 saturated heterocycles. The summed E-state index contributed by atoms with van der Waals surface area (Å²) in [5.74, 6) is 0.374. The molecule has 0 bridgehead atoms. The molecule has 0 heterocycles. The second kappa shape index (κ2) is 7.85. The molecule has 0 fully saturated rings. The molecule has 0 saturated carbocycles. The second-order valence-electron chi connectivity index (χ2n) is 6.90. The third-order valence-corrected chi connectivity index (χ3v) is 3.95. The van der Waals surface area contributed by atoms with Crippen molar-refractivity contribution in [2.45, 2.75) is 39.0 Å². The van der Waals surface area contributed by atoms with Gasteiger partial charge in [-0.05, 0) is 35.1 Å². The van der Waals surface area contributed by atoms with Crippen molar-refractivity contribution in [3.63, 3.8) is 0 Å². The van der Waals surface area contributed by atoms with E-state index >= 15 is 0 Å². The van der Waals surface area contributed by atoms with Gasteiger partial charge in [0.1, 0.15) is 0 Å². The molecular weight excluding hydrogens is 314 g/mol. The molecule has 2 aromatic rings. The molecule has 2 aromatic carbocycles. The van der Waals surface area contributed by atoms with Gasteiger partial charge in [0.2, 0.25) is 0 Å². The lowest BCUT2D eigenvalue weighted by Crippen LogP contribution is -2.11. The third kappa shape index (κ3) is 5.09. The van der Waals surface area contributed by atoms with E-state index in [2.05, 4.69) is 45.0 Å². The van der Waals surface area contributed by atoms with Crippen LogP contribution in [0.5, 0.6) is 11.5 Å². The standard InChI is InChI=1S/C21H23NO3/c1-21(2,3)17-9-5-15(6-10-17)8-12-20(23)25-18-11-7-16(14-22)13-19(18)24-4/h5-7,9-11,13H,8,12H2,1-4H3. The first-order valence-electron chi connectivity index (χ1n) is 8.21. The largest absolute Gasteiger partial charge is 0.493 e. The van der Waals surface area contributed by atoms with E-state index in [-0.39, 0.29) is 17.8 Å². The van der Waals surface area contributed by atoms with Crippen molar-refractivity contribution in [1.29, 1.82) is 5.26 Å². The van der Waals surface area contributed by atoms with Crippen LogP contribution in [0.3, 0.4) is 0 Å². The minimum atomic E-state index is -0.331. The quantitative estimate of drug-likeness (QED) is 0.599. The maximum atomic E-state index is 12.1. The zero-order chi connectivity index (χ0) is 18.4. The molecule has 130 valence electrons. The van der Waals surface area contributed by atoms with Gasteiger partial charge in [-0.1, -0.05) is 45.0 Å². The van der Waals surface area contributed by atoms with E-state index in [1.807, 2.05) is 6.07 Å². The molecule has 4 nitrogen and oxygen atoms in total. The van der Waals surface area contributed by atoms with Crippen LogP contribution in [0.1, 0.15) is 43.9 Å². The van der Waals surface area contributed by atoms with E-state index in [1.165, 1.54) is 12.7 Å². The van der Waals surface area contributed by atoms with Gasteiger partial charge in [0.25, 0.3) is 0 Å². The van der Waals surface area contributed by atoms with E-state index in [0.717, 1.165) is 5.56 Å². The van der Waals surface area contributed by atoms with Crippen molar-refractivity contribution in [2.75, 3.05) is 7.11 Å². The van der Waals surface area contributed by atoms with Gasteiger partial charge in [0.05, 0.1) is 18.7 Å². The van der Waals surface area contributed by atoms with E-state index in [9.17, 15) is 4.79 Å². The second-order valence-corrected chi connectivity index (χ2v) is 6.90. The van der Waals surface area contributed by atoms with Crippen LogP contribution in [-0.4, -0.2) is 13.1 Å². The van der Waals surface area contributed by atoms with Crippen molar-refractivity contribution < 1.29 is 14.3 Å². The van der Waals surface area contributed by atoms with Crippen molar-refractivity contribution in [1.82, 2.24) is 0 Å². The fourth-order valence-corrected chi connectivity index (χ4v) is 2.41. The summed E-state index contributed by atoms with van der Waals surface area (Å²) in [5, 5.41) is 8.90. The van der Waals surface area contributed by atoms with E-state index < -0.39 is 0 Å². The van der Waals surface area contributed by atoms with Gasteiger partial charge in [0, 0.05) is 12.5 Å². The number of aryl methyl sites for hydroxylation is 1. The molecule has 25 heavy (non-hydrogen) atoms. The predicted molar refractivity (Wildman–Crippen MR) is 96.8 cm³/mol. The lowest BCUT2D eigenvalue weighted by atomic mass is 9.86. The Morgan fingerprint density at radius 3 is 2.32 bits per heavy atom. The number of carbonyl (C=O) groups is 1. The summed E-state index contributed by atoms with van der Waals surface area (Å²) < 4.78 is 10.5. The summed E-state index contributed by atoms with van der Waals surface area (Å²) in [5.41, 5.74) is 2.93. The summed E-state index contributed by atoms with van der Waals surface area (Å²) in [7, 11) is 1.48. The molecule has 0 spiro atoms. The first-order valence-corrected chi connectivity index (χ1v) is 8.21. The maximum Gasteiger partial charge on any atom is 0.311 e. The lowest BCUT2D eigenvalue weighted by molar-refractivity contribution is -0.134. The average Bonchev–Trinajstić information content (AvgIpc) is 2.60. The minimum Gasteiger partial charge on any atom is -0.493 e. The number of hydrogen-bond donors (Lipinski definition) is 0.